The van der Waals surface area contributed by atoms with Gasteiger partial charge in [-0.2, -0.15) is 0 Å². The Morgan fingerprint density at radius 1 is 1.11 bits per heavy atom. The van der Waals surface area contributed by atoms with E-state index >= 15 is 0 Å². The van der Waals surface area contributed by atoms with Gasteiger partial charge in [-0.15, -0.1) is 0 Å². The summed E-state index contributed by atoms with van der Waals surface area (Å²) in [6.07, 6.45) is -0.539. The van der Waals surface area contributed by atoms with Crippen molar-refractivity contribution in [3.05, 3.63) is 59.7 Å². The third-order valence-electron chi connectivity index (χ3n) is 2.80. The Hall–Kier alpha value is -2.33. The van der Waals surface area contributed by atoms with Gasteiger partial charge in [0.25, 0.3) is 5.91 Å². The van der Waals surface area contributed by atoms with Crippen molar-refractivity contribution in [2.75, 3.05) is 5.32 Å². The van der Waals surface area contributed by atoms with Crippen LogP contribution < -0.4 is 5.32 Å². The molecule has 0 saturated heterocycles. The predicted octanol–water partition coefficient (Wildman–Crippen LogP) is 2.70. The van der Waals surface area contributed by atoms with Crippen LogP contribution in [0.25, 0.3) is 0 Å². The Morgan fingerprint density at radius 3 is 2.32 bits per heavy atom. The van der Waals surface area contributed by atoms with Gasteiger partial charge >= 0.3 is 0 Å². The smallest absolute Gasteiger partial charge is 0.259 e. The van der Waals surface area contributed by atoms with Crippen molar-refractivity contribution in [3.8, 4) is 5.75 Å². The highest BCUT2D eigenvalue weighted by Crippen LogP contribution is 2.19. The normalized spacial score (nSPS) is 11.9. The summed E-state index contributed by atoms with van der Waals surface area (Å²) in [4.78, 5) is 11.9. The molecule has 0 radical (unpaired) electrons. The lowest BCUT2D eigenvalue weighted by molar-refractivity contribution is 0.102. The summed E-state index contributed by atoms with van der Waals surface area (Å²) < 4.78 is 0. The molecule has 2 aromatic carbocycles. The zero-order chi connectivity index (χ0) is 13.8. The summed E-state index contributed by atoms with van der Waals surface area (Å²) in [5.41, 5.74) is 1.61. The highest BCUT2D eigenvalue weighted by molar-refractivity contribution is 6.06. The van der Waals surface area contributed by atoms with E-state index in [2.05, 4.69) is 5.32 Å². The number of benzene rings is 2. The van der Waals surface area contributed by atoms with Crippen molar-refractivity contribution >= 4 is 11.6 Å². The first-order valence-corrected chi connectivity index (χ1v) is 5.95. The summed E-state index contributed by atoms with van der Waals surface area (Å²) in [6, 6.07) is 13.3. The van der Waals surface area contributed by atoms with E-state index in [4.69, 9.17) is 0 Å². The third-order valence-corrected chi connectivity index (χ3v) is 2.80. The monoisotopic (exact) mass is 257 g/mol. The number of aromatic hydroxyl groups is 1. The summed E-state index contributed by atoms with van der Waals surface area (Å²) in [6.45, 7) is 1.68. The van der Waals surface area contributed by atoms with Crippen LogP contribution in [0.1, 0.15) is 28.9 Å². The zero-order valence-corrected chi connectivity index (χ0v) is 10.5. The number of rotatable bonds is 3. The molecule has 3 N–H and O–H groups in total. The van der Waals surface area contributed by atoms with Gasteiger partial charge in [-0.1, -0.05) is 24.3 Å². The van der Waals surface area contributed by atoms with Gasteiger partial charge in [0, 0.05) is 5.69 Å². The summed E-state index contributed by atoms with van der Waals surface area (Å²) >= 11 is 0. The maximum absolute atomic E-state index is 11.9. The van der Waals surface area contributed by atoms with Crippen molar-refractivity contribution < 1.29 is 15.0 Å². The quantitative estimate of drug-likeness (QED) is 0.791. The van der Waals surface area contributed by atoms with Crippen LogP contribution in [0.3, 0.4) is 0 Å². The number of anilines is 1. The van der Waals surface area contributed by atoms with Gasteiger partial charge < -0.3 is 15.5 Å². The van der Waals surface area contributed by atoms with E-state index in [9.17, 15) is 15.0 Å². The third kappa shape index (κ3) is 3.11. The van der Waals surface area contributed by atoms with Crippen LogP contribution in [0, 0.1) is 0 Å². The van der Waals surface area contributed by atoms with Crippen molar-refractivity contribution in [1.29, 1.82) is 0 Å². The number of hydrogen-bond acceptors (Lipinski definition) is 3. The molecule has 19 heavy (non-hydrogen) atoms. The number of aliphatic hydroxyl groups is 1. The maximum atomic E-state index is 11.9. The zero-order valence-electron chi connectivity index (χ0n) is 10.5. The fraction of sp³-hybridized carbons (Fsp3) is 0.133. The van der Waals surface area contributed by atoms with Crippen LogP contribution in [-0.4, -0.2) is 16.1 Å². The molecule has 0 bridgehead atoms. The molecule has 1 atom stereocenters. The molecule has 98 valence electrons. The Labute approximate surface area is 111 Å². The minimum absolute atomic E-state index is 0.0550. The van der Waals surface area contributed by atoms with Gasteiger partial charge in [-0.3, -0.25) is 4.79 Å². The van der Waals surface area contributed by atoms with Crippen LogP contribution in [-0.2, 0) is 0 Å². The first-order chi connectivity index (χ1) is 9.08. The molecule has 4 heteroatoms. The van der Waals surface area contributed by atoms with Crippen LogP contribution >= 0.6 is 0 Å². The van der Waals surface area contributed by atoms with Crippen molar-refractivity contribution in [2.24, 2.45) is 0 Å². The molecular weight excluding hydrogens is 242 g/mol. The number of para-hydroxylation sites is 1. The maximum Gasteiger partial charge on any atom is 0.259 e. The Kier molecular flexibility index (Phi) is 3.82. The molecule has 0 heterocycles. The molecule has 0 saturated carbocycles. The lowest BCUT2D eigenvalue weighted by Crippen LogP contribution is -2.12. The van der Waals surface area contributed by atoms with Crippen LogP contribution in [0.15, 0.2) is 48.5 Å². The topological polar surface area (TPSA) is 69.6 Å². The number of nitrogens with one attached hydrogen (secondary N) is 1. The molecule has 1 unspecified atom stereocenters. The first-order valence-electron chi connectivity index (χ1n) is 5.95. The van der Waals surface area contributed by atoms with Crippen LogP contribution in [0.2, 0.25) is 0 Å². The molecule has 0 fully saturated rings. The Balaban J connectivity index is 2.13. The molecule has 0 aliphatic carbocycles. The van der Waals surface area contributed by atoms with Crippen LogP contribution in [0.5, 0.6) is 5.75 Å². The first kappa shape index (κ1) is 13.1. The lowest BCUT2D eigenvalue weighted by atomic mass is 10.1. The van der Waals surface area contributed by atoms with E-state index in [0.29, 0.717) is 5.69 Å². The molecule has 0 aromatic heterocycles. The molecule has 1 amide bonds. The number of hydrogen-bond donors (Lipinski definition) is 3. The number of carbonyl (C=O) groups excluding carboxylic acids is 1. The molecule has 0 spiro atoms. The summed E-state index contributed by atoms with van der Waals surface area (Å²) in [5, 5.41) is 21.7. The second-order valence-corrected chi connectivity index (χ2v) is 4.27. The average molecular weight is 257 g/mol. The summed E-state index contributed by atoms with van der Waals surface area (Å²) in [7, 11) is 0. The van der Waals surface area contributed by atoms with Crippen molar-refractivity contribution in [1.82, 2.24) is 0 Å². The summed E-state index contributed by atoms with van der Waals surface area (Å²) in [5.74, 6) is -0.427. The van der Waals surface area contributed by atoms with Crippen molar-refractivity contribution in [3.63, 3.8) is 0 Å². The van der Waals surface area contributed by atoms with E-state index in [1.807, 2.05) is 0 Å². The minimum Gasteiger partial charge on any atom is -0.507 e. The lowest BCUT2D eigenvalue weighted by Gasteiger charge is -2.08. The van der Waals surface area contributed by atoms with Gasteiger partial charge in [0.2, 0.25) is 0 Å². The highest BCUT2D eigenvalue weighted by Gasteiger charge is 2.10. The highest BCUT2D eigenvalue weighted by atomic mass is 16.3. The fourth-order valence-corrected chi connectivity index (χ4v) is 1.71. The van der Waals surface area contributed by atoms with E-state index in [-0.39, 0.29) is 17.2 Å². The molecule has 0 aliphatic heterocycles. The molecule has 0 aliphatic rings. The number of amides is 1. The molecule has 2 rings (SSSR count). The van der Waals surface area contributed by atoms with Gasteiger partial charge in [-0.05, 0) is 36.8 Å². The van der Waals surface area contributed by atoms with Crippen molar-refractivity contribution in [2.45, 2.75) is 13.0 Å². The second-order valence-electron chi connectivity index (χ2n) is 4.27. The SMILES string of the molecule is CC(O)c1ccc(NC(=O)c2ccccc2O)cc1. The molecule has 4 nitrogen and oxygen atoms in total. The van der Waals surface area contributed by atoms with Gasteiger partial charge in [0.15, 0.2) is 0 Å². The Bertz CT molecular complexity index is 576. The average Bonchev–Trinajstić information content (AvgIpc) is 2.39. The Morgan fingerprint density at radius 2 is 1.74 bits per heavy atom. The minimum atomic E-state index is -0.539. The number of aliphatic hydroxyl groups excluding tert-OH is 1. The number of phenols is 1. The largest absolute Gasteiger partial charge is 0.507 e. The van der Waals surface area contributed by atoms with Gasteiger partial charge in [0.05, 0.1) is 11.7 Å². The number of carbonyl (C=O) groups is 1. The molecule has 2 aromatic rings. The molecular formula is C15H15NO3. The van der Waals surface area contributed by atoms with E-state index < -0.39 is 6.10 Å². The standard InChI is InChI=1S/C15H15NO3/c1-10(17)11-6-8-12(9-7-11)16-15(19)13-4-2-3-5-14(13)18/h2-10,17-18H,1H3,(H,16,19). The van der Waals surface area contributed by atoms with Gasteiger partial charge in [0.1, 0.15) is 5.75 Å². The van der Waals surface area contributed by atoms with E-state index in [1.54, 1.807) is 49.4 Å². The van der Waals surface area contributed by atoms with Crippen LogP contribution in [0.4, 0.5) is 5.69 Å². The fourth-order valence-electron chi connectivity index (χ4n) is 1.71. The number of phenolic OH excluding ortho intramolecular Hbond substituents is 1. The predicted molar refractivity (Wildman–Crippen MR) is 73.1 cm³/mol. The van der Waals surface area contributed by atoms with E-state index in [1.165, 1.54) is 6.07 Å². The van der Waals surface area contributed by atoms with E-state index in [0.717, 1.165) is 5.56 Å². The van der Waals surface area contributed by atoms with Gasteiger partial charge in [-0.25, -0.2) is 0 Å². The second kappa shape index (κ2) is 5.54.